The third kappa shape index (κ3) is 1.72. The Labute approximate surface area is 157 Å². The lowest BCUT2D eigenvalue weighted by Gasteiger charge is -2.57. The van der Waals surface area contributed by atoms with E-state index in [-0.39, 0.29) is 23.1 Å². The molecular formula is C20H24N2O5. The third-order valence-corrected chi connectivity index (χ3v) is 7.60. The highest BCUT2D eigenvalue weighted by molar-refractivity contribution is 6.01. The second kappa shape index (κ2) is 5.16. The van der Waals surface area contributed by atoms with E-state index in [9.17, 15) is 15.1 Å². The maximum Gasteiger partial charge on any atom is 0.303 e. The van der Waals surface area contributed by atoms with E-state index in [4.69, 9.17) is 9.47 Å². The number of carbonyl (C=O) groups is 1. The molecule has 1 saturated heterocycles. The molecule has 27 heavy (non-hydrogen) atoms. The van der Waals surface area contributed by atoms with Crippen molar-refractivity contribution >= 4 is 11.7 Å². The van der Waals surface area contributed by atoms with Crippen molar-refractivity contribution in [3.8, 4) is 11.5 Å². The van der Waals surface area contributed by atoms with Gasteiger partial charge >= 0.3 is 5.97 Å². The van der Waals surface area contributed by atoms with Crippen LogP contribution in [0.25, 0.3) is 0 Å². The van der Waals surface area contributed by atoms with Crippen LogP contribution in [0, 0.1) is 11.3 Å². The van der Waals surface area contributed by atoms with E-state index in [0.29, 0.717) is 11.5 Å². The number of oxime groups is 1. The highest BCUT2D eigenvalue weighted by Crippen LogP contribution is 2.79. The van der Waals surface area contributed by atoms with Crippen LogP contribution in [-0.4, -0.2) is 59.7 Å². The number of esters is 1. The number of nitrogens with zero attached hydrogens (tertiary/aromatic N) is 2. The van der Waals surface area contributed by atoms with Crippen molar-refractivity contribution in [3.05, 3.63) is 23.3 Å². The van der Waals surface area contributed by atoms with Crippen molar-refractivity contribution in [2.24, 2.45) is 16.5 Å². The molecule has 4 aliphatic rings. The van der Waals surface area contributed by atoms with Crippen molar-refractivity contribution < 1.29 is 24.6 Å². The lowest BCUT2D eigenvalue weighted by atomic mass is 9.54. The number of likely N-dealkylation sites (N-methyl/N-ethyl adjacent to an activating group) is 1. The quantitative estimate of drug-likeness (QED) is 0.466. The maximum absolute atomic E-state index is 11.9. The fourth-order valence-electron chi connectivity index (χ4n) is 6.68. The molecule has 1 spiro atoms. The predicted molar refractivity (Wildman–Crippen MR) is 96.4 cm³/mol. The molecule has 0 amide bonds. The maximum atomic E-state index is 11.9. The number of phenolic OH excluding ortho intramolecular Hbond substituents is 1. The first-order valence-corrected chi connectivity index (χ1v) is 9.41. The minimum Gasteiger partial charge on any atom is -0.504 e. The van der Waals surface area contributed by atoms with E-state index in [1.165, 1.54) is 14.0 Å². The number of fused-ring (bicyclic) bond motifs is 1. The minimum atomic E-state index is -0.660. The molecule has 2 saturated carbocycles. The van der Waals surface area contributed by atoms with E-state index >= 15 is 0 Å². The van der Waals surface area contributed by atoms with Crippen LogP contribution in [-0.2, 0) is 21.4 Å². The second-order valence-electron chi connectivity index (χ2n) is 8.38. The molecule has 2 bridgehead atoms. The largest absolute Gasteiger partial charge is 0.504 e. The molecular weight excluding hydrogens is 348 g/mol. The smallest absolute Gasteiger partial charge is 0.303 e. The van der Waals surface area contributed by atoms with E-state index < -0.39 is 17.5 Å². The fraction of sp³-hybridized carbons (Fsp3) is 0.600. The fourth-order valence-corrected chi connectivity index (χ4v) is 6.68. The van der Waals surface area contributed by atoms with E-state index in [1.54, 1.807) is 6.07 Å². The number of ether oxygens (including phenoxy) is 2. The van der Waals surface area contributed by atoms with Gasteiger partial charge in [-0.25, -0.2) is 0 Å². The zero-order valence-corrected chi connectivity index (χ0v) is 15.7. The number of piperidine rings is 1. The lowest BCUT2D eigenvalue weighted by Crippen LogP contribution is -2.63. The third-order valence-electron chi connectivity index (χ3n) is 7.60. The Kier molecular flexibility index (Phi) is 3.22. The molecule has 5 atom stereocenters. The normalized spacial score (nSPS) is 40.1. The summed E-state index contributed by atoms with van der Waals surface area (Å²) in [5.74, 6) is 0.207. The van der Waals surface area contributed by atoms with E-state index in [0.717, 1.165) is 36.9 Å². The number of hydrogen-bond acceptors (Lipinski definition) is 7. The molecule has 1 aliphatic heterocycles. The predicted octanol–water partition coefficient (Wildman–Crippen LogP) is 1.68. The second-order valence-corrected chi connectivity index (χ2v) is 8.38. The van der Waals surface area contributed by atoms with Crippen LogP contribution in [0.1, 0.15) is 30.9 Å². The molecule has 1 heterocycles. The number of phenols is 1. The number of likely N-dealkylation sites (tertiary alicyclic amines) is 1. The Morgan fingerprint density at radius 1 is 1.41 bits per heavy atom. The standard InChI is InChI=1S/C20H24N2O5/c1-10(23)27-18-16(21-25)12-9-20(12)14-8-11-4-5-13(26-3)17(24)15(11)19(18,20)6-7-22(14)2/h4-5,12,14,18,24-25H,6-9H2,1-3H3. The molecule has 3 fully saturated rings. The first-order chi connectivity index (χ1) is 12.9. The van der Waals surface area contributed by atoms with Gasteiger partial charge in [0.05, 0.1) is 12.5 Å². The van der Waals surface area contributed by atoms with Gasteiger partial charge in [-0.3, -0.25) is 4.79 Å². The van der Waals surface area contributed by atoms with Gasteiger partial charge in [0.2, 0.25) is 0 Å². The van der Waals surface area contributed by atoms with E-state index in [1.807, 2.05) is 6.07 Å². The van der Waals surface area contributed by atoms with Crippen LogP contribution in [0.15, 0.2) is 17.3 Å². The minimum absolute atomic E-state index is 0.0679. The van der Waals surface area contributed by atoms with Crippen LogP contribution >= 0.6 is 0 Å². The van der Waals surface area contributed by atoms with Gasteiger partial charge in [0, 0.05) is 29.9 Å². The highest BCUT2D eigenvalue weighted by atomic mass is 16.5. The Hall–Kier alpha value is -2.28. The first-order valence-electron chi connectivity index (χ1n) is 9.41. The van der Waals surface area contributed by atoms with Crippen LogP contribution in [0.3, 0.4) is 0 Å². The molecule has 7 nitrogen and oxygen atoms in total. The van der Waals surface area contributed by atoms with Gasteiger partial charge in [0.25, 0.3) is 0 Å². The summed E-state index contributed by atoms with van der Waals surface area (Å²) in [6.45, 7) is 2.20. The summed E-state index contributed by atoms with van der Waals surface area (Å²) >= 11 is 0. The zero-order valence-electron chi connectivity index (χ0n) is 15.7. The van der Waals surface area contributed by atoms with Gasteiger partial charge in [-0.2, -0.15) is 0 Å². The molecule has 3 aliphatic carbocycles. The topological polar surface area (TPSA) is 91.6 Å². The molecule has 1 aromatic rings. The molecule has 0 radical (unpaired) electrons. The number of benzene rings is 1. The molecule has 1 aromatic carbocycles. The van der Waals surface area contributed by atoms with Gasteiger partial charge in [-0.15, -0.1) is 0 Å². The van der Waals surface area contributed by atoms with Crippen LogP contribution in [0.2, 0.25) is 0 Å². The molecule has 2 N–H and O–H groups in total. The Bertz CT molecular complexity index is 883. The van der Waals surface area contributed by atoms with E-state index in [2.05, 4.69) is 17.1 Å². The SMILES string of the molecule is COc1ccc2c(c1O)C13CCN(C)C(C2)C12CC2C(=NO)C3OC(C)=O. The highest BCUT2D eigenvalue weighted by Gasteiger charge is 2.84. The Balaban J connectivity index is 1.83. The average molecular weight is 372 g/mol. The van der Waals surface area contributed by atoms with Gasteiger partial charge < -0.3 is 24.7 Å². The van der Waals surface area contributed by atoms with Gasteiger partial charge in [0.15, 0.2) is 17.6 Å². The summed E-state index contributed by atoms with van der Waals surface area (Å²) in [6, 6.07) is 4.05. The van der Waals surface area contributed by atoms with Crippen LogP contribution in [0.5, 0.6) is 11.5 Å². The molecule has 0 aromatic heterocycles. The Morgan fingerprint density at radius 3 is 2.85 bits per heavy atom. The van der Waals surface area contributed by atoms with Crippen molar-refractivity contribution in [3.63, 3.8) is 0 Å². The molecule has 7 heteroatoms. The number of rotatable bonds is 2. The molecule has 144 valence electrons. The van der Waals surface area contributed by atoms with Crippen molar-refractivity contribution in [1.82, 2.24) is 4.90 Å². The average Bonchev–Trinajstić information content (AvgIpc) is 3.29. The summed E-state index contributed by atoms with van der Waals surface area (Å²) in [7, 11) is 3.66. The van der Waals surface area contributed by atoms with Crippen molar-refractivity contribution in [1.29, 1.82) is 0 Å². The number of hydrogen-bond donors (Lipinski definition) is 2. The molecule has 5 unspecified atom stereocenters. The first kappa shape index (κ1) is 16.9. The summed E-state index contributed by atoms with van der Waals surface area (Å²) in [4.78, 5) is 14.3. The van der Waals surface area contributed by atoms with Crippen LogP contribution < -0.4 is 4.74 Å². The number of carbonyl (C=O) groups excluding carboxylic acids is 1. The van der Waals surface area contributed by atoms with Gasteiger partial charge in [-0.1, -0.05) is 11.2 Å². The number of methoxy groups -OCH3 is 1. The van der Waals surface area contributed by atoms with Crippen molar-refractivity contribution in [2.45, 2.75) is 43.7 Å². The summed E-state index contributed by atoms with van der Waals surface area (Å²) in [6.07, 6.45) is 1.76. The van der Waals surface area contributed by atoms with Crippen molar-refractivity contribution in [2.75, 3.05) is 20.7 Å². The summed E-state index contributed by atoms with van der Waals surface area (Å²) in [5.41, 5.74) is 1.64. The molecule has 5 rings (SSSR count). The number of aromatic hydroxyl groups is 1. The summed E-state index contributed by atoms with van der Waals surface area (Å²) < 4.78 is 11.2. The van der Waals surface area contributed by atoms with Gasteiger partial charge in [-0.05, 0) is 44.5 Å². The zero-order chi connectivity index (χ0) is 19.1. The monoisotopic (exact) mass is 372 g/mol. The van der Waals surface area contributed by atoms with Gasteiger partial charge in [0.1, 0.15) is 5.71 Å². The summed E-state index contributed by atoms with van der Waals surface area (Å²) in [5, 5.41) is 24.5. The lowest BCUT2D eigenvalue weighted by molar-refractivity contribution is -0.150. The van der Waals surface area contributed by atoms with Crippen LogP contribution in [0.4, 0.5) is 0 Å². The Morgan fingerprint density at radius 2 is 2.19 bits per heavy atom.